The highest BCUT2D eigenvalue weighted by Gasteiger charge is 2.01. The van der Waals surface area contributed by atoms with Gasteiger partial charge in [-0.15, -0.1) is 12.4 Å². The number of hydrogen-bond donors (Lipinski definition) is 3. The molecule has 0 aliphatic carbocycles. The van der Waals surface area contributed by atoms with Gasteiger partial charge in [0.15, 0.2) is 5.96 Å². The van der Waals surface area contributed by atoms with Crippen molar-refractivity contribution < 1.29 is 0 Å². The van der Waals surface area contributed by atoms with Crippen LogP contribution < -0.4 is 11.5 Å². The summed E-state index contributed by atoms with van der Waals surface area (Å²) in [5.74, 6) is 0.0887. The smallest absolute Gasteiger partial charge is 0.215 e. The van der Waals surface area contributed by atoms with Gasteiger partial charge in [-0.25, -0.2) is 0 Å². The number of nitrogens with one attached hydrogen (secondary N) is 1. The second kappa shape index (κ2) is 15.4. The fourth-order valence-corrected chi connectivity index (χ4v) is 2.16. The number of nitrogens with two attached hydrogens (primary N) is 2. The summed E-state index contributed by atoms with van der Waals surface area (Å²) in [5.41, 5.74) is 10.9. The zero-order valence-electron chi connectivity index (χ0n) is 13.7. The average molecular weight is 320 g/mol. The van der Waals surface area contributed by atoms with Crippen LogP contribution in [0.5, 0.6) is 0 Å². The molecule has 0 spiro atoms. The molecule has 0 rings (SSSR count). The van der Waals surface area contributed by atoms with Gasteiger partial charge < -0.3 is 16.4 Å². The van der Waals surface area contributed by atoms with Crippen molar-refractivity contribution in [3.05, 3.63) is 0 Å². The van der Waals surface area contributed by atoms with E-state index in [0.717, 1.165) is 13.0 Å². The highest BCUT2D eigenvalue weighted by Crippen LogP contribution is 2.10. The number of guanidine groups is 2. The van der Waals surface area contributed by atoms with E-state index in [1.807, 2.05) is 11.9 Å². The van der Waals surface area contributed by atoms with Crippen molar-refractivity contribution in [1.82, 2.24) is 4.90 Å². The molecule has 0 heterocycles. The van der Waals surface area contributed by atoms with Crippen molar-refractivity contribution >= 4 is 24.3 Å². The largest absolute Gasteiger partial charge is 0.369 e. The molecule has 0 aromatic carbocycles. The van der Waals surface area contributed by atoms with Crippen LogP contribution in [0.2, 0.25) is 0 Å². The topological polar surface area (TPSA) is 91.5 Å². The molecule has 126 valence electrons. The molecule has 0 radical (unpaired) electrons. The lowest BCUT2D eigenvalue weighted by Crippen LogP contribution is -2.36. The van der Waals surface area contributed by atoms with Crippen LogP contribution in [-0.2, 0) is 0 Å². The first-order chi connectivity index (χ1) is 9.57. The van der Waals surface area contributed by atoms with Gasteiger partial charge in [-0.2, -0.15) is 4.99 Å². The summed E-state index contributed by atoms with van der Waals surface area (Å²) in [6, 6.07) is 0. The molecule has 21 heavy (non-hydrogen) atoms. The van der Waals surface area contributed by atoms with E-state index >= 15 is 0 Å². The summed E-state index contributed by atoms with van der Waals surface area (Å²) in [6.07, 6.45) is 13.2. The van der Waals surface area contributed by atoms with E-state index in [2.05, 4.69) is 11.9 Å². The molecule has 0 bridgehead atoms. The van der Waals surface area contributed by atoms with Crippen molar-refractivity contribution in [2.24, 2.45) is 16.5 Å². The summed E-state index contributed by atoms with van der Waals surface area (Å²) in [5, 5.41) is 7.05. The van der Waals surface area contributed by atoms with Gasteiger partial charge in [0.05, 0.1) is 0 Å². The maximum atomic E-state index is 7.05. The molecular weight excluding hydrogens is 286 g/mol. The molecule has 0 saturated heterocycles. The predicted octanol–water partition coefficient (Wildman–Crippen LogP) is 3.47. The van der Waals surface area contributed by atoms with E-state index in [1.54, 1.807) is 0 Å². The lowest BCUT2D eigenvalue weighted by molar-refractivity contribution is 0.460. The van der Waals surface area contributed by atoms with Crippen LogP contribution in [0.3, 0.4) is 0 Å². The van der Waals surface area contributed by atoms with Gasteiger partial charge in [0.1, 0.15) is 0 Å². The molecular formula is C15H34ClN5. The third-order valence-corrected chi connectivity index (χ3v) is 3.47. The minimum absolute atomic E-state index is 0. The van der Waals surface area contributed by atoms with Gasteiger partial charge in [0.2, 0.25) is 5.96 Å². The second-order valence-corrected chi connectivity index (χ2v) is 5.46. The summed E-state index contributed by atoms with van der Waals surface area (Å²) in [4.78, 5) is 5.58. The Morgan fingerprint density at radius 2 is 1.33 bits per heavy atom. The standard InChI is InChI=1S/C15H33N5.ClH/c1-3-4-5-6-7-8-9-10-11-12-13-20(2)15(18)19-14(16)17;/h3-13H2,1-2H3,(H5,16,17,18,19);1H. The SMILES string of the molecule is CCCCCCCCCCCCN(C)/C(N)=N/C(=N)N.Cl. The minimum Gasteiger partial charge on any atom is -0.369 e. The Kier molecular flexibility index (Phi) is 16.4. The lowest BCUT2D eigenvalue weighted by Gasteiger charge is -2.17. The Morgan fingerprint density at radius 1 is 0.905 bits per heavy atom. The fourth-order valence-electron chi connectivity index (χ4n) is 2.16. The van der Waals surface area contributed by atoms with Crippen LogP contribution in [0.25, 0.3) is 0 Å². The molecule has 0 saturated carbocycles. The van der Waals surface area contributed by atoms with E-state index in [9.17, 15) is 0 Å². The summed E-state index contributed by atoms with van der Waals surface area (Å²) >= 11 is 0. The monoisotopic (exact) mass is 319 g/mol. The van der Waals surface area contributed by atoms with E-state index in [1.165, 1.54) is 57.8 Å². The molecule has 0 fully saturated rings. The third kappa shape index (κ3) is 15.2. The van der Waals surface area contributed by atoms with E-state index in [0.29, 0.717) is 5.96 Å². The van der Waals surface area contributed by atoms with E-state index in [-0.39, 0.29) is 18.4 Å². The molecule has 6 heteroatoms. The van der Waals surface area contributed by atoms with Gasteiger partial charge in [-0.05, 0) is 6.42 Å². The maximum absolute atomic E-state index is 7.05. The van der Waals surface area contributed by atoms with Crippen molar-refractivity contribution in [3.8, 4) is 0 Å². The molecule has 5 nitrogen and oxygen atoms in total. The maximum Gasteiger partial charge on any atom is 0.215 e. The first kappa shape index (κ1) is 22.3. The zero-order valence-corrected chi connectivity index (χ0v) is 14.6. The van der Waals surface area contributed by atoms with Crippen molar-refractivity contribution in [2.75, 3.05) is 13.6 Å². The number of nitrogens with zero attached hydrogens (tertiary/aromatic N) is 2. The van der Waals surface area contributed by atoms with Gasteiger partial charge in [0, 0.05) is 13.6 Å². The van der Waals surface area contributed by atoms with Crippen molar-refractivity contribution in [3.63, 3.8) is 0 Å². The number of halogens is 1. The normalized spacial score (nSPS) is 11.0. The van der Waals surface area contributed by atoms with E-state index in [4.69, 9.17) is 16.9 Å². The van der Waals surface area contributed by atoms with Gasteiger partial charge in [0.25, 0.3) is 0 Å². The van der Waals surface area contributed by atoms with Crippen LogP contribution in [0.1, 0.15) is 71.1 Å². The number of rotatable bonds is 11. The highest BCUT2D eigenvalue weighted by molar-refractivity contribution is 5.91. The summed E-state index contributed by atoms with van der Waals surface area (Å²) in [7, 11) is 1.88. The Bertz CT molecular complexity index is 281. The van der Waals surface area contributed by atoms with E-state index < -0.39 is 0 Å². The summed E-state index contributed by atoms with van der Waals surface area (Å²) < 4.78 is 0. The molecule has 0 aliphatic heterocycles. The number of aliphatic imine (C=N–C) groups is 1. The van der Waals surface area contributed by atoms with Crippen LogP contribution >= 0.6 is 12.4 Å². The minimum atomic E-state index is -0.238. The average Bonchev–Trinajstić information content (AvgIpc) is 2.39. The van der Waals surface area contributed by atoms with Crippen molar-refractivity contribution in [1.29, 1.82) is 5.41 Å². The fraction of sp³-hybridized carbons (Fsp3) is 0.867. The third-order valence-electron chi connectivity index (χ3n) is 3.47. The Labute approximate surface area is 136 Å². The molecule has 0 atom stereocenters. The first-order valence-electron chi connectivity index (χ1n) is 7.97. The van der Waals surface area contributed by atoms with Crippen molar-refractivity contribution in [2.45, 2.75) is 71.1 Å². The van der Waals surface area contributed by atoms with Crippen LogP contribution in [0, 0.1) is 5.41 Å². The molecule has 0 unspecified atom stereocenters. The molecule has 0 aromatic heterocycles. The number of unbranched alkanes of at least 4 members (excludes halogenated alkanes) is 9. The first-order valence-corrected chi connectivity index (χ1v) is 7.97. The van der Waals surface area contributed by atoms with Gasteiger partial charge >= 0.3 is 0 Å². The quantitative estimate of drug-likeness (QED) is 0.309. The van der Waals surface area contributed by atoms with Gasteiger partial charge in [-0.1, -0.05) is 64.7 Å². The number of hydrogen-bond acceptors (Lipinski definition) is 1. The highest BCUT2D eigenvalue weighted by atomic mass is 35.5. The van der Waals surface area contributed by atoms with Crippen LogP contribution in [0.4, 0.5) is 0 Å². The Hall–Kier alpha value is -0.970. The van der Waals surface area contributed by atoms with Crippen LogP contribution in [0.15, 0.2) is 4.99 Å². The second-order valence-electron chi connectivity index (χ2n) is 5.46. The Balaban J connectivity index is 0. The Morgan fingerprint density at radius 3 is 1.76 bits per heavy atom. The molecule has 5 N–H and O–H groups in total. The van der Waals surface area contributed by atoms with Gasteiger partial charge in [-0.3, -0.25) is 5.41 Å². The predicted molar refractivity (Wildman–Crippen MR) is 95.3 cm³/mol. The lowest BCUT2D eigenvalue weighted by atomic mass is 10.1. The zero-order chi connectivity index (χ0) is 15.2. The molecule has 0 aliphatic rings. The molecule has 0 aromatic rings. The summed E-state index contributed by atoms with van der Waals surface area (Å²) in [6.45, 7) is 3.13. The molecule has 0 amide bonds. The van der Waals surface area contributed by atoms with Crippen LogP contribution in [-0.4, -0.2) is 30.4 Å².